The number of hydrogen-bond acceptors (Lipinski definition) is 3. The molecule has 0 radical (unpaired) electrons. The monoisotopic (exact) mass is 431 g/mol. The summed E-state index contributed by atoms with van der Waals surface area (Å²) >= 11 is 6.15. The second-order valence-corrected chi connectivity index (χ2v) is 7.78. The Balaban J connectivity index is 1.61. The molecule has 0 aliphatic carbocycles. The molecule has 0 bridgehead atoms. The van der Waals surface area contributed by atoms with Gasteiger partial charge < -0.3 is 10.3 Å². The number of para-hydroxylation sites is 2. The van der Waals surface area contributed by atoms with Crippen LogP contribution in [-0.2, 0) is 4.79 Å². The number of nitrogens with one attached hydrogen (secondary N) is 2. The highest BCUT2D eigenvalue weighted by atomic mass is 35.5. The molecule has 0 aliphatic rings. The van der Waals surface area contributed by atoms with E-state index in [-0.39, 0.29) is 18.2 Å². The van der Waals surface area contributed by atoms with E-state index in [1.807, 2.05) is 54.6 Å². The Morgan fingerprint density at radius 2 is 1.65 bits per heavy atom. The zero-order valence-corrected chi connectivity index (χ0v) is 17.8. The van der Waals surface area contributed by atoms with Crippen LogP contribution in [-0.4, -0.2) is 35.2 Å². The van der Waals surface area contributed by atoms with Crippen molar-refractivity contribution in [2.24, 2.45) is 0 Å². The Bertz CT molecular complexity index is 1220. The summed E-state index contributed by atoms with van der Waals surface area (Å²) < 4.78 is 0. The first-order chi connectivity index (χ1) is 15.0. The van der Waals surface area contributed by atoms with E-state index >= 15 is 0 Å². The molecule has 2 N–H and O–H groups in total. The van der Waals surface area contributed by atoms with E-state index in [1.54, 1.807) is 42.4 Å². The van der Waals surface area contributed by atoms with Crippen LogP contribution in [0.25, 0.3) is 10.9 Å². The smallest absolute Gasteiger partial charge is 0.238 e. The lowest BCUT2D eigenvalue weighted by Gasteiger charge is -2.27. The molecule has 31 heavy (non-hydrogen) atoms. The number of Topliss-reactive ketones (excluding diaryl/α,β-unsaturated/α-hetero) is 1. The number of H-pyrrole nitrogens is 1. The van der Waals surface area contributed by atoms with E-state index in [0.29, 0.717) is 16.3 Å². The van der Waals surface area contributed by atoms with Gasteiger partial charge in [-0.15, -0.1) is 0 Å². The zero-order chi connectivity index (χ0) is 21.8. The maximum Gasteiger partial charge on any atom is 0.238 e. The molecular weight excluding hydrogens is 410 g/mol. The standard InChI is InChI=1S/C25H22ClN3O2/c1-29(16-23(30)28-22-14-8-6-12-20(22)26)24(17-9-3-2-4-10-17)25(31)19-15-27-21-13-7-5-11-18(19)21/h2-15,24,27H,16H2,1H3,(H,28,30)/t24-/m1/s1. The van der Waals surface area contributed by atoms with Crippen molar-refractivity contribution in [2.45, 2.75) is 6.04 Å². The molecule has 4 aromatic rings. The van der Waals surface area contributed by atoms with Gasteiger partial charge in [-0.3, -0.25) is 14.5 Å². The van der Waals surface area contributed by atoms with Crippen molar-refractivity contribution in [3.63, 3.8) is 0 Å². The molecule has 0 unspecified atom stereocenters. The van der Waals surface area contributed by atoms with Crippen molar-refractivity contribution >= 4 is 39.9 Å². The average Bonchev–Trinajstić information content (AvgIpc) is 3.20. The van der Waals surface area contributed by atoms with Gasteiger partial charge in [0, 0.05) is 22.7 Å². The summed E-state index contributed by atoms with van der Waals surface area (Å²) in [6.45, 7) is 0.0267. The number of aromatic amines is 1. The summed E-state index contributed by atoms with van der Waals surface area (Å²) in [5.41, 5.74) is 2.87. The Morgan fingerprint density at radius 3 is 2.42 bits per heavy atom. The first-order valence-electron chi connectivity index (χ1n) is 9.94. The first kappa shape index (κ1) is 20.8. The van der Waals surface area contributed by atoms with Crippen LogP contribution in [0, 0.1) is 0 Å². The lowest BCUT2D eigenvalue weighted by molar-refractivity contribution is -0.117. The van der Waals surface area contributed by atoms with Gasteiger partial charge in [0.15, 0.2) is 5.78 Å². The van der Waals surface area contributed by atoms with E-state index < -0.39 is 6.04 Å². The van der Waals surface area contributed by atoms with Gasteiger partial charge in [-0.2, -0.15) is 0 Å². The summed E-state index contributed by atoms with van der Waals surface area (Å²) in [6.07, 6.45) is 1.74. The molecule has 0 aliphatic heterocycles. The summed E-state index contributed by atoms with van der Waals surface area (Å²) in [5.74, 6) is -0.319. The molecule has 1 amide bonds. The first-order valence-corrected chi connectivity index (χ1v) is 10.3. The lowest BCUT2D eigenvalue weighted by Crippen LogP contribution is -2.37. The third-order valence-corrected chi connectivity index (χ3v) is 5.53. The molecular formula is C25H22ClN3O2. The van der Waals surface area contributed by atoms with Gasteiger partial charge in [-0.1, -0.05) is 72.3 Å². The third-order valence-electron chi connectivity index (χ3n) is 5.20. The van der Waals surface area contributed by atoms with Gasteiger partial charge in [0.05, 0.1) is 23.3 Å². The SMILES string of the molecule is CN(CC(=O)Nc1ccccc1Cl)[C@@H](C(=O)c1c[nH]c2ccccc12)c1ccccc1. The number of carbonyl (C=O) groups excluding carboxylic acids is 2. The highest BCUT2D eigenvalue weighted by Gasteiger charge is 2.29. The number of rotatable bonds is 7. The van der Waals surface area contributed by atoms with Crippen LogP contribution in [0.5, 0.6) is 0 Å². The van der Waals surface area contributed by atoms with Crippen molar-refractivity contribution in [1.82, 2.24) is 9.88 Å². The number of fused-ring (bicyclic) bond motifs is 1. The van der Waals surface area contributed by atoms with Crippen LogP contribution in [0.3, 0.4) is 0 Å². The number of aromatic nitrogens is 1. The second-order valence-electron chi connectivity index (χ2n) is 7.37. The number of hydrogen-bond donors (Lipinski definition) is 2. The van der Waals surface area contributed by atoms with Gasteiger partial charge in [-0.05, 0) is 30.8 Å². The predicted octanol–water partition coefficient (Wildman–Crippen LogP) is 5.32. The number of halogens is 1. The highest BCUT2D eigenvalue weighted by Crippen LogP contribution is 2.28. The molecule has 5 nitrogen and oxygen atoms in total. The minimum Gasteiger partial charge on any atom is -0.360 e. The van der Waals surface area contributed by atoms with Crippen LogP contribution in [0.15, 0.2) is 85.1 Å². The fourth-order valence-electron chi connectivity index (χ4n) is 3.73. The number of likely N-dealkylation sites (N-methyl/N-ethyl adjacent to an activating group) is 1. The average molecular weight is 432 g/mol. The van der Waals surface area contributed by atoms with Crippen LogP contribution in [0.4, 0.5) is 5.69 Å². The molecule has 1 aromatic heterocycles. The van der Waals surface area contributed by atoms with Crippen molar-refractivity contribution < 1.29 is 9.59 Å². The minimum absolute atomic E-state index is 0.0267. The van der Waals surface area contributed by atoms with Gasteiger partial charge in [-0.25, -0.2) is 0 Å². The third kappa shape index (κ3) is 4.53. The van der Waals surface area contributed by atoms with E-state index in [4.69, 9.17) is 11.6 Å². The molecule has 3 aromatic carbocycles. The normalized spacial score (nSPS) is 12.1. The Labute approximate surface area is 185 Å². The molecule has 0 spiro atoms. The fourth-order valence-corrected chi connectivity index (χ4v) is 3.92. The van der Waals surface area contributed by atoms with Crippen molar-refractivity contribution in [3.05, 3.63) is 101 Å². The molecule has 0 saturated heterocycles. The van der Waals surface area contributed by atoms with Gasteiger partial charge >= 0.3 is 0 Å². The minimum atomic E-state index is -0.614. The van der Waals surface area contributed by atoms with E-state index in [9.17, 15) is 9.59 Å². The maximum atomic E-state index is 13.6. The van der Waals surface area contributed by atoms with Crippen LogP contribution >= 0.6 is 11.6 Å². The second kappa shape index (κ2) is 9.16. The van der Waals surface area contributed by atoms with E-state index in [1.165, 1.54) is 0 Å². The summed E-state index contributed by atoms with van der Waals surface area (Å²) in [6, 6.07) is 23.6. The van der Waals surface area contributed by atoms with Crippen LogP contribution < -0.4 is 5.32 Å². The Morgan fingerprint density at radius 1 is 0.968 bits per heavy atom. The van der Waals surface area contributed by atoms with Crippen LogP contribution in [0.2, 0.25) is 5.02 Å². The largest absolute Gasteiger partial charge is 0.360 e. The lowest BCUT2D eigenvalue weighted by atomic mass is 9.96. The number of benzene rings is 3. The molecule has 0 saturated carbocycles. The van der Waals surface area contributed by atoms with Crippen molar-refractivity contribution in [2.75, 3.05) is 18.9 Å². The summed E-state index contributed by atoms with van der Waals surface area (Å²) in [5, 5.41) is 4.15. The molecule has 1 heterocycles. The quantitative estimate of drug-likeness (QED) is 0.389. The fraction of sp³-hybridized carbons (Fsp3) is 0.120. The van der Waals surface area contributed by atoms with Gasteiger partial charge in [0.2, 0.25) is 5.91 Å². The Kier molecular flexibility index (Phi) is 6.16. The van der Waals surface area contributed by atoms with Crippen LogP contribution in [0.1, 0.15) is 22.0 Å². The number of anilines is 1. The molecule has 1 atom stereocenters. The highest BCUT2D eigenvalue weighted by molar-refractivity contribution is 6.33. The Hall–Kier alpha value is -3.41. The molecule has 0 fully saturated rings. The van der Waals surface area contributed by atoms with Crippen molar-refractivity contribution in [3.8, 4) is 0 Å². The summed E-state index contributed by atoms with van der Waals surface area (Å²) in [4.78, 5) is 31.3. The van der Waals surface area contributed by atoms with Gasteiger partial charge in [0.25, 0.3) is 0 Å². The maximum absolute atomic E-state index is 13.6. The summed E-state index contributed by atoms with van der Waals surface area (Å²) in [7, 11) is 1.77. The van der Waals surface area contributed by atoms with Gasteiger partial charge in [0.1, 0.15) is 0 Å². The van der Waals surface area contributed by atoms with E-state index in [0.717, 1.165) is 16.5 Å². The zero-order valence-electron chi connectivity index (χ0n) is 17.0. The predicted molar refractivity (Wildman–Crippen MR) is 125 cm³/mol. The number of carbonyl (C=O) groups is 2. The number of nitrogens with zero attached hydrogens (tertiary/aromatic N) is 1. The number of amides is 1. The van der Waals surface area contributed by atoms with Crippen molar-refractivity contribution in [1.29, 1.82) is 0 Å². The topological polar surface area (TPSA) is 65.2 Å². The number of ketones is 1. The van der Waals surface area contributed by atoms with E-state index in [2.05, 4.69) is 10.3 Å². The molecule has 6 heteroatoms. The molecule has 4 rings (SSSR count). The molecule has 156 valence electrons.